The second-order valence-electron chi connectivity index (χ2n) is 6.89. The Bertz CT molecular complexity index is 633. The zero-order chi connectivity index (χ0) is 16.4. The van der Waals surface area contributed by atoms with E-state index in [1.165, 1.54) is 10.4 Å². The lowest BCUT2D eigenvalue weighted by atomic mass is 9.89. The summed E-state index contributed by atoms with van der Waals surface area (Å²) in [4.78, 5) is 10.9. The molecule has 4 rings (SSSR count). The minimum absolute atomic E-state index is 0.400. The number of fused-ring (bicyclic) bond motifs is 1. The van der Waals surface area contributed by atoms with Gasteiger partial charge in [0.25, 0.3) is 0 Å². The number of rotatable bonds is 5. The highest BCUT2D eigenvalue weighted by atomic mass is 32.1. The zero-order valence-electron chi connectivity index (χ0n) is 14.2. The lowest BCUT2D eigenvalue weighted by Crippen LogP contribution is -2.50. The van der Waals surface area contributed by atoms with E-state index in [1.807, 2.05) is 30.8 Å². The predicted octanol–water partition coefficient (Wildman–Crippen LogP) is 2.86. The number of methoxy groups -OCH3 is 1. The SMILES string of the molecule is CO[C@@H]1CCN(Cc2cccs2)[C@@H]2CN(Cc3ccncc3)C[C@@H]21. The van der Waals surface area contributed by atoms with Gasteiger partial charge in [0.1, 0.15) is 0 Å². The Morgan fingerprint density at radius 3 is 2.83 bits per heavy atom. The summed E-state index contributed by atoms with van der Waals surface area (Å²) in [5.41, 5.74) is 1.35. The molecule has 2 fully saturated rings. The first kappa shape index (κ1) is 16.2. The normalized spacial score (nSPS) is 28.1. The van der Waals surface area contributed by atoms with E-state index in [-0.39, 0.29) is 0 Å². The molecule has 2 aromatic heterocycles. The molecule has 0 unspecified atom stereocenters. The molecule has 0 aliphatic carbocycles. The second kappa shape index (κ2) is 7.31. The van der Waals surface area contributed by atoms with E-state index in [2.05, 4.69) is 44.4 Å². The van der Waals surface area contributed by atoms with Crippen molar-refractivity contribution in [1.29, 1.82) is 0 Å². The van der Waals surface area contributed by atoms with Crippen molar-refractivity contribution in [3.8, 4) is 0 Å². The molecule has 3 atom stereocenters. The van der Waals surface area contributed by atoms with Gasteiger partial charge in [-0.15, -0.1) is 11.3 Å². The van der Waals surface area contributed by atoms with E-state index in [1.54, 1.807) is 0 Å². The molecular weight excluding hydrogens is 318 g/mol. The van der Waals surface area contributed by atoms with Crippen molar-refractivity contribution in [3.05, 3.63) is 52.5 Å². The van der Waals surface area contributed by atoms with E-state index >= 15 is 0 Å². The van der Waals surface area contributed by atoms with Crippen molar-refractivity contribution >= 4 is 11.3 Å². The molecule has 0 aromatic carbocycles. The van der Waals surface area contributed by atoms with Gasteiger partial charge >= 0.3 is 0 Å². The fourth-order valence-corrected chi connectivity index (χ4v) is 5.02. The first-order valence-electron chi connectivity index (χ1n) is 8.74. The van der Waals surface area contributed by atoms with Crippen LogP contribution in [-0.4, -0.2) is 53.7 Å². The fourth-order valence-electron chi connectivity index (χ4n) is 4.29. The predicted molar refractivity (Wildman–Crippen MR) is 96.9 cm³/mol. The van der Waals surface area contributed by atoms with Crippen LogP contribution in [-0.2, 0) is 17.8 Å². The average Bonchev–Trinajstić information content (AvgIpc) is 3.26. The van der Waals surface area contributed by atoms with Gasteiger partial charge in [0.2, 0.25) is 0 Å². The third kappa shape index (κ3) is 3.40. The van der Waals surface area contributed by atoms with E-state index in [0.717, 1.165) is 39.1 Å². The fraction of sp³-hybridized carbons (Fsp3) is 0.526. The Morgan fingerprint density at radius 2 is 2.08 bits per heavy atom. The summed E-state index contributed by atoms with van der Waals surface area (Å²) in [5.74, 6) is 0.616. The van der Waals surface area contributed by atoms with Gasteiger partial charge in [-0.2, -0.15) is 0 Å². The monoisotopic (exact) mass is 343 g/mol. The second-order valence-corrected chi connectivity index (χ2v) is 7.93. The van der Waals surface area contributed by atoms with Crippen LogP contribution < -0.4 is 0 Å². The highest BCUT2D eigenvalue weighted by Gasteiger charge is 2.44. The van der Waals surface area contributed by atoms with E-state index in [0.29, 0.717) is 18.1 Å². The molecular formula is C19H25N3OS. The Morgan fingerprint density at radius 1 is 1.21 bits per heavy atom. The zero-order valence-corrected chi connectivity index (χ0v) is 15.0. The molecule has 0 radical (unpaired) electrons. The highest BCUT2D eigenvalue weighted by Crippen LogP contribution is 2.34. The van der Waals surface area contributed by atoms with Crippen LogP contribution in [0.5, 0.6) is 0 Å². The van der Waals surface area contributed by atoms with Crippen LogP contribution in [0.3, 0.4) is 0 Å². The third-order valence-corrected chi connectivity index (χ3v) is 6.31. The number of hydrogen-bond acceptors (Lipinski definition) is 5. The van der Waals surface area contributed by atoms with Crippen molar-refractivity contribution in [1.82, 2.24) is 14.8 Å². The molecule has 0 saturated carbocycles. The first-order chi connectivity index (χ1) is 11.8. The van der Waals surface area contributed by atoms with Crippen LogP contribution in [0.2, 0.25) is 0 Å². The van der Waals surface area contributed by atoms with Crippen molar-refractivity contribution < 1.29 is 4.74 Å². The van der Waals surface area contributed by atoms with Crippen molar-refractivity contribution in [2.24, 2.45) is 5.92 Å². The molecule has 0 spiro atoms. The Kier molecular flexibility index (Phi) is 4.94. The smallest absolute Gasteiger partial charge is 0.0639 e. The quantitative estimate of drug-likeness (QED) is 0.835. The van der Waals surface area contributed by atoms with Crippen LogP contribution in [0.15, 0.2) is 42.0 Å². The molecule has 24 heavy (non-hydrogen) atoms. The van der Waals surface area contributed by atoms with Crippen LogP contribution >= 0.6 is 11.3 Å². The van der Waals surface area contributed by atoms with Gasteiger partial charge in [-0.05, 0) is 35.6 Å². The van der Waals surface area contributed by atoms with E-state index < -0.39 is 0 Å². The number of aromatic nitrogens is 1. The van der Waals surface area contributed by atoms with Crippen LogP contribution in [0.25, 0.3) is 0 Å². The number of thiophene rings is 1. The van der Waals surface area contributed by atoms with Crippen molar-refractivity contribution in [2.75, 3.05) is 26.7 Å². The Labute approximate surface area is 148 Å². The number of piperidine rings is 1. The van der Waals surface area contributed by atoms with E-state index in [9.17, 15) is 0 Å². The number of ether oxygens (including phenoxy) is 1. The molecule has 0 N–H and O–H groups in total. The van der Waals surface area contributed by atoms with E-state index in [4.69, 9.17) is 4.74 Å². The Hall–Kier alpha value is -1.27. The van der Waals surface area contributed by atoms with Gasteiger partial charge in [-0.1, -0.05) is 6.07 Å². The summed E-state index contributed by atoms with van der Waals surface area (Å²) >= 11 is 1.87. The van der Waals surface area contributed by atoms with Crippen LogP contribution in [0, 0.1) is 5.92 Å². The summed E-state index contributed by atoms with van der Waals surface area (Å²) in [6, 6.07) is 9.26. The van der Waals surface area contributed by atoms with Gasteiger partial charge < -0.3 is 4.74 Å². The maximum atomic E-state index is 5.83. The summed E-state index contributed by atoms with van der Waals surface area (Å²) < 4.78 is 5.83. The molecule has 2 aliphatic rings. The lowest BCUT2D eigenvalue weighted by Gasteiger charge is -2.41. The summed E-state index contributed by atoms with van der Waals surface area (Å²) in [6.07, 6.45) is 5.32. The average molecular weight is 343 g/mol. The van der Waals surface area contributed by atoms with Gasteiger partial charge in [0.05, 0.1) is 6.10 Å². The van der Waals surface area contributed by atoms with Crippen molar-refractivity contribution in [3.63, 3.8) is 0 Å². The number of hydrogen-bond donors (Lipinski definition) is 0. The largest absolute Gasteiger partial charge is 0.381 e. The molecule has 0 bridgehead atoms. The molecule has 2 aromatic rings. The molecule has 5 heteroatoms. The topological polar surface area (TPSA) is 28.6 Å². The summed E-state index contributed by atoms with van der Waals surface area (Å²) in [6.45, 7) is 5.50. The molecule has 128 valence electrons. The minimum atomic E-state index is 0.400. The first-order valence-corrected chi connectivity index (χ1v) is 9.62. The van der Waals surface area contributed by atoms with Gasteiger partial charge in [0.15, 0.2) is 0 Å². The van der Waals surface area contributed by atoms with Gasteiger partial charge in [-0.25, -0.2) is 0 Å². The minimum Gasteiger partial charge on any atom is -0.381 e. The third-order valence-electron chi connectivity index (χ3n) is 5.45. The standard InChI is InChI=1S/C19H25N3OS/c1-23-19-6-9-22(12-16-3-2-10-24-16)18-14-21(13-17(18)19)11-15-4-7-20-8-5-15/h2-5,7-8,10,17-19H,6,9,11-14H2,1H3/t17-,18+,19+/m0/s1. The maximum absolute atomic E-state index is 5.83. The molecule has 0 amide bonds. The molecule has 2 saturated heterocycles. The Balaban J connectivity index is 1.47. The summed E-state index contributed by atoms with van der Waals surface area (Å²) in [5, 5.41) is 2.18. The molecule has 4 nitrogen and oxygen atoms in total. The van der Waals surface area contributed by atoms with Crippen LogP contribution in [0.1, 0.15) is 16.9 Å². The summed E-state index contributed by atoms with van der Waals surface area (Å²) in [7, 11) is 1.88. The van der Waals surface area contributed by atoms with Gasteiger partial charge in [-0.3, -0.25) is 14.8 Å². The number of likely N-dealkylation sites (tertiary alicyclic amines) is 2. The van der Waals surface area contributed by atoms with Crippen LogP contribution in [0.4, 0.5) is 0 Å². The number of nitrogens with zero attached hydrogens (tertiary/aromatic N) is 3. The van der Waals surface area contributed by atoms with Gasteiger partial charge in [0, 0.05) is 69.1 Å². The van der Waals surface area contributed by atoms with Crippen molar-refractivity contribution in [2.45, 2.75) is 31.7 Å². The maximum Gasteiger partial charge on any atom is 0.0639 e. The highest BCUT2D eigenvalue weighted by molar-refractivity contribution is 7.09. The number of pyridine rings is 1. The lowest BCUT2D eigenvalue weighted by molar-refractivity contribution is -0.0242. The molecule has 2 aliphatic heterocycles. The molecule has 4 heterocycles.